The van der Waals surface area contributed by atoms with Crippen LogP contribution in [0.4, 0.5) is 0 Å². The van der Waals surface area contributed by atoms with E-state index >= 15 is 0 Å². The van der Waals surface area contributed by atoms with Gasteiger partial charge in [0.25, 0.3) is 0 Å². The summed E-state index contributed by atoms with van der Waals surface area (Å²) in [6.07, 6.45) is 0. The summed E-state index contributed by atoms with van der Waals surface area (Å²) >= 11 is 1.48. The molecule has 0 aliphatic heterocycles. The molecule has 0 amide bonds. The van der Waals surface area contributed by atoms with Crippen LogP contribution in [0.25, 0.3) is 11.0 Å². The molecule has 0 saturated heterocycles. The van der Waals surface area contributed by atoms with Crippen molar-refractivity contribution < 1.29 is 9.53 Å². The average molecular weight is 324 g/mol. The Morgan fingerprint density at radius 3 is 2.35 bits per heavy atom. The Bertz CT molecular complexity index is 847. The number of hydrogen-bond acceptors (Lipinski definition) is 5. The predicted octanol–water partition coefficient (Wildman–Crippen LogP) is 3.92. The Hall–Kier alpha value is -2.40. The van der Waals surface area contributed by atoms with E-state index in [0.29, 0.717) is 17.1 Å². The van der Waals surface area contributed by atoms with Crippen LogP contribution in [-0.2, 0) is 0 Å². The predicted molar refractivity (Wildman–Crippen MR) is 92.3 cm³/mol. The standard InChI is InChI=1S/C18H16N2O2S/c1-12-18(20-16-6-4-3-5-15(16)19-12)17(21)11-23-14-9-7-13(22-2)8-10-14/h3-10H,11H2,1-2H3. The molecule has 0 bridgehead atoms. The smallest absolute Gasteiger partial charge is 0.193 e. The molecule has 0 fully saturated rings. The summed E-state index contributed by atoms with van der Waals surface area (Å²) in [5, 5.41) is 0. The van der Waals surface area contributed by atoms with Gasteiger partial charge >= 0.3 is 0 Å². The van der Waals surface area contributed by atoms with Gasteiger partial charge in [0, 0.05) is 4.90 Å². The molecule has 0 atom stereocenters. The van der Waals surface area contributed by atoms with Crippen LogP contribution in [0.2, 0.25) is 0 Å². The molecule has 23 heavy (non-hydrogen) atoms. The van der Waals surface area contributed by atoms with E-state index in [1.54, 1.807) is 7.11 Å². The molecule has 0 unspecified atom stereocenters. The number of hydrogen-bond donors (Lipinski definition) is 0. The maximum Gasteiger partial charge on any atom is 0.193 e. The van der Waals surface area contributed by atoms with Gasteiger partial charge in [0.1, 0.15) is 11.4 Å². The normalized spacial score (nSPS) is 10.7. The van der Waals surface area contributed by atoms with Gasteiger partial charge < -0.3 is 4.74 Å². The molecule has 3 aromatic rings. The molecule has 0 aliphatic carbocycles. The average Bonchev–Trinajstić information content (AvgIpc) is 2.59. The highest BCUT2D eigenvalue weighted by Crippen LogP contribution is 2.22. The Morgan fingerprint density at radius 1 is 1.04 bits per heavy atom. The van der Waals surface area contributed by atoms with Crippen molar-refractivity contribution in [3.63, 3.8) is 0 Å². The molecule has 5 heteroatoms. The molecule has 0 N–H and O–H groups in total. The number of benzene rings is 2. The van der Waals surface area contributed by atoms with E-state index < -0.39 is 0 Å². The maximum atomic E-state index is 12.5. The summed E-state index contributed by atoms with van der Waals surface area (Å²) in [5.74, 6) is 1.12. The molecule has 0 spiro atoms. The van der Waals surface area contributed by atoms with Crippen molar-refractivity contribution >= 4 is 28.6 Å². The van der Waals surface area contributed by atoms with Crippen LogP contribution < -0.4 is 4.74 Å². The lowest BCUT2D eigenvalue weighted by atomic mass is 10.2. The summed E-state index contributed by atoms with van der Waals surface area (Å²) < 4.78 is 5.13. The Labute approximate surface area is 138 Å². The number of fused-ring (bicyclic) bond motifs is 1. The first-order valence-corrected chi connectivity index (χ1v) is 8.19. The molecular weight excluding hydrogens is 308 g/mol. The number of methoxy groups -OCH3 is 1. The number of Topliss-reactive ketones (excluding diaryl/α,β-unsaturated/α-hetero) is 1. The monoisotopic (exact) mass is 324 g/mol. The fourth-order valence-electron chi connectivity index (χ4n) is 2.24. The fraction of sp³-hybridized carbons (Fsp3) is 0.167. The highest BCUT2D eigenvalue weighted by atomic mass is 32.2. The van der Waals surface area contributed by atoms with Crippen molar-refractivity contribution in [2.24, 2.45) is 0 Å². The number of aryl methyl sites for hydroxylation is 1. The topological polar surface area (TPSA) is 52.1 Å². The third-order valence-electron chi connectivity index (χ3n) is 3.44. The van der Waals surface area contributed by atoms with Crippen LogP contribution >= 0.6 is 11.8 Å². The highest BCUT2D eigenvalue weighted by Gasteiger charge is 2.14. The lowest BCUT2D eigenvalue weighted by molar-refractivity contribution is 0.101. The third kappa shape index (κ3) is 3.51. The second-order valence-corrected chi connectivity index (χ2v) is 6.08. The van der Waals surface area contributed by atoms with Gasteiger partial charge in [-0.2, -0.15) is 0 Å². The lowest BCUT2D eigenvalue weighted by Crippen LogP contribution is -2.09. The summed E-state index contributed by atoms with van der Waals surface area (Å²) in [4.78, 5) is 22.4. The van der Waals surface area contributed by atoms with Crippen molar-refractivity contribution in [1.82, 2.24) is 9.97 Å². The largest absolute Gasteiger partial charge is 0.497 e. The zero-order valence-electron chi connectivity index (χ0n) is 12.9. The maximum absolute atomic E-state index is 12.5. The van der Waals surface area contributed by atoms with Crippen LogP contribution in [0.1, 0.15) is 16.2 Å². The molecule has 116 valence electrons. The van der Waals surface area contributed by atoms with E-state index in [0.717, 1.165) is 21.7 Å². The van der Waals surface area contributed by atoms with E-state index in [-0.39, 0.29) is 5.78 Å². The van der Waals surface area contributed by atoms with Crippen molar-refractivity contribution in [2.45, 2.75) is 11.8 Å². The van der Waals surface area contributed by atoms with Crippen molar-refractivity contribution in [2.75, 3.05) is 12.9 Å². The first-order valence-electron chi connectivity index (χ1n) is 7.21. The second kappa shape index (κ2) is 6.79. The fourth-order valence-corrected chi connectivity index (χ4v) is 3.00. The zero-order chi connectivity index (χ0) is 16.2. The number of carbonyl (C=O) groups is 1. The summed E-state index contributed by atoms with van der Waals surface area (Å²) in [6, 6.07) is 15.2. The number of ether oxygens (including phenoxy) is 1. The molecule has 4 nitrogen and oxygen atoms in total. The quantitative estimate of drug-likeness (QED) is 0.526. The number of carbonyl (C=O) groups excluding carboxylic acids is 1. The van der Waals surface area contributed by atoms with Gasteiger partial charge in [-0.1, -0.05) is 12.1 Å². The second-order valence-electron chi connectivity index (χ2n) is 5.03. The van der Waals surface area contributed by atoms with Gasteiger partial charge in [-0.05, 0) is 43.3 Å². The van der Waals surface area contributed by atoms with Gasteiger partial charge in [0.2, 0.25) is 0 Å². The molecule has 0 saturated carbocycles. The van der Waals surface area contributed by atoms with Gasteiger partial charge in [-0.15, -0.1) is 11.8 Å². The van der Waals surface area contributed by atoms with Gasteiger partial charge in [-0.3, -0.25) is 4.79 Å². The number of nitrogens with zero attached hydrogens (tertiary/aromatic N) is 2. The Balaban J connectivity index is 1.76. The van der Waals surface area contributed by atoms with Crippen LogP contribution in [0.3, 0.4) is 0 Å². The molecule has 1 heterocycles. The van der Waals surface area contributed by atoms with Gasteiger partial charge in [0.15, 0.2) is 5.78 Å². The first-order chi connectivity index (χ1) is 11.2. The molecule has 1 aromatic heterocycles. The number of thioether (sulfide) groups is 1. The van der Waals surface area contributed by atoms with Crippen molar-refractivity contribution in [3.8, 4) is 5.75 Å². The highest BCUT2D eigenvalue weighted by molar-refractivity contribution is 8.00. The summed E-state index contributed by atoms with van der Waals surface area (Å²) in [5.41, 5.74) is 2.67. The van der Waals surface area contributed by atoms with E-state index in [1.807, 2.05) is 55.5 Å². The molecular formula is C18H16N2O2S. The number of rotatable bonds is 5. The van der Waals surface area contributed by atoms with Crippen LogP contribution in [0, 0.1) is 6.92 Å². The molecule has 0 radical (unpaired) electrons. The van der Waals surface area contributed by atoms with Crippen LogP contribution in [0.5, 0.6) is 5.75 Å². The Morgan fingerprint density at radius 2 is 1.70 bits per heavy atom. The van der Waals surface area contributed by atoms with Crippen LogP contribution in [-0.4, -0.2) is 28.6 Å². The minimum atomic E-state index is -0.0124. The minimum Gasteiger partial charge on any atom is -0.497 e. The van der Waals surface area contributed by atoms with E-state index in [9.17, 15) is 4.79 Å². The van der Waals surface area contributed by atoms with Gasteiger partial charge in [-0.25, -0.2) is 9.97 Å². The van der Waals surface area contributed by atoms with Gasteiger partial charge in [0.05, 0.1) is 29.6 Å². The lowest BCUT2D eigenvalue weighted by Gasteiger charge is -2.06. The third-order valence-corrected chi connectivity index (χ3v) is 4.45. The molecule has 0 aliphatic rings. The first kappa shape index (κ1) is 15.5. The summed E-state index contributed by atoms with van der Waals surface area (Å²) in [6.45, 7) is 1.82. The SMILES string of the molecule is COc1ccc(SCC(=O)c2nc3ccccc3nc2C)cc1. The van der Waals surface area contributed by atoms with E-state index in [4.69, 9.17) is 4.74 Å². The zero-order valence-corrected chi connectivity index (χ0v) is 13.8. The number of para-hydroxylation sites is 2. The molecule has 3 rings (SSSR count). The number of aromatic nitrogens is 2. The molecule has 2 aromatic carbocycles. The van der Waals surface area contributed by atoms with E-state index in [1.165, 1.54) is 11.8 Å². The number of ketones is 1. The van der Waals surface area contributed by atoms with Crippen molar-refractivity contribution in [3.05, 3.63) is 59.9 Å². The minimum absolute atomic E-state index is 0.0124. The summed E-state index contributed by atoms with van der Waals surface area (Å²) in [7, 11) is 1.63. The van der Waals surface area contributed by atoms with Crippen LogP contribution in [0.15, 0.2) is 53.4 Å². The Kier molecular flexibility index (Phi) is 4.57. The van der Waals surface area contributed by atoms with Crippen molar-refractivity contribution in [1.29, 1.82) is 0 Å². The van der Waals surface area contributed by atoms with E-state index in [2.05, 4.69) is 9.97 Å².